The Bertz CT molecular complexity index is 1540. The number of benzene rings is 2. The van der Waals surface area contributed by atoms with Gasteiger partial charge < -0.3 is 42.6 Å². The van der Waals surface area contributed by atoms with Gasteiger partial charge in [0.2, 0.25) is 0 Å². The zero-order chi connectivity index (χ0) is 34.7. The van der Waals surface area contributed by atoms with Crippen LogP contribution in [0, 0.1) is 0 Å². The van der Waals surface area contributed by atoms with Crippen LogP contribution in [0.4, 0.5) is 0 Å². The second kappa shape index (κ2) is 21.5. The van der Waals surface area contributed by atoms with Gasteiger partial charge in [0.15, 0.2) is 18.0 Å². The molecule has 1 aromatic heterocycles. The summed E-state index contributed by atoms with van der Waals surface area (Å²) in [5, 5.41) is 1.33. The van der Waals surface area contributed by atoms with Gasteiger partial charge in [0.1, 0.15) is 31.7 Å². The van der Waals surface area contributed by atoms with E-state index in [4.69, 9.17) is 54.2 Å². The van der Waals surface area contributed by atoms with Crippen LogP contribution in [0.2, 0.25) is 5.02 Å². The second-order valence-electron chi connectivity index (χ2n) is 9.92. The fourth-order valence-electron chi connectivity index (χ4n) is 4.13. The molecular weight excluding hydrogens is 668 g/mol. The summed E-state index contributed by atoms with van der Waals surface area (Å²) in [5.74, 6) is -0.545. The largest absolute Gasteiger partial charge is 0.489 e. The summed E-state index contributed by atoms with van der Waals surface area (Å²) in [7, 11) is 0. The minimum Gasteiger partial charge on any atom is -0.489 e. The van der Waals surface area contributed by atoms with E-state index in [1.165, 1.54) is 11.3 Å². The van der Waals surface area contributed by atoms with E-state index in [0.717, 1.165) is 16.9 Å². The smallest absolute Gasteiger partial charge is 0.330 e. The Morgan fingerprint density at radius 3 is 2.04 bits per heavy atom. The lowest BCUT2D eigenvalue weighted by Crippen LogP contribution is -2.34. The number of carbonyl (C=O) groups is 2. The predicted molar refractivity (Wildman–Crippen MR) is 182 cm³/mol. The van der Waals surface area contributed by atoms with E-state index in [1.807, 2.05) is 18.2 Å². The zero-order valence-corrected chi connectivity index (χ0v) is 28.6. The van der Waals surface area contributed by atoms with Crippen molar-refractivity contribution in [2.45, 2.75) is 32.5 Å². The monoisotopic (exact) mass is 708 g/mol. The van der Waals surface area contributed by atoms with Gasteiger partial charge in [-0.05, 0) is 38.1 Å². The van der Waals surface area contributed by atoms with E-state index >= 15 is 0 Å². The fourth-order valence-corrected chi connectivity index (χ4v) is 5.60. The summed E-state index contributed by atoms with van der Waals surface area (Å²) in [6.45, 7) is 11.9. The van der Waals surface area contributed by atoms with Crippen LogP contribution in [0.3, 0.4) is 0 Å². The molecule has 48 heavy (non-hydrogen) atoms. The maximum Gasteiger partial charge on any atom is 0.330 e. The molecule has 0 fully saturated rings. The minimum absolute atomic E-state index is 0.0581. The number of esters is 2. The van der Waals surface area contributed by atoms with E-state index in [0.29, 0.717) is 26.2 Å². The Hall–Kier alpha value is -3.40. The second-order valence-corrected chi connectivity index (χ2v) is 11.4. The average Bonchev–Trinajstić information content (AvgIpc) is 3.08. The molecule has 0 bridgehead atoms. The number of halogens is 1. The molecule has 12 nitrogen and oxygen atoms in total. The summed E-state index contributed by atoms with van der Waals surface area (Å²) >= 11 is 7.88. The van der Waals surface area contributed by atoms with Crippen molar-refractivity contribution in [3.8, 4) is 5.75 Å². The third-order valence-electron chi connectivity index (χ3n) is 6.40. The lowest BCUT2D eigenvalue weighted by atomic mass is 10.2. The first-order valence-electron chi connectivity index (χ1n) is 15.2. The maximum absolute atomic E-state index is 13.3. The molecule has 3 rings (SSSR count). The van der Waals surface area contributed by atoms with Crippen LogP contribution >= 0.6 is 22.9 Å². The predicted octanol–water partition coefficient (Wildman–Crippen LogP) is 5.07. The van der Waals surface area contributed by atoms with Crippen molar-refractivity contribution in [1.29, 1.82) is 0 Å². The summed E-state index contributed by atoms with van der Waals surface area (Å²) in [5.41, 5.74) is -0.165. The van der Waals surface area contributed by atoms with Crippen molar-refractivity contribution >= 4 is 55.0 Å². The minimum atomic E-state index is -0.661. The Kier molecular flexibility index (Phi) is 17.5. The molecule has 0 N–H and O–H groups in total. The normalized spacial score (nSPS) is 13.1. The molecule has 3 atom stereocenters. The SMILES string of the molecule is C=CC(=O)OCCOCCOC(C)OCC(COc1ccc(Cl)c2c(=O)c3ccccc3sc12)OC(C)OCCOCCOC(=O)C=C. The first-order chi connectivity index (χ1) is 23.2. The van der Waals surface area contributed by atoms with Crippen molar-refractivity contribution in [1.82, 2.24) is 0 Å². The average molecular weight is 709 g/mol. The van der Waals surface area contributed by atoms with Crippen molar-refractivity contribution in [3.05, 3.63) is 77.0 Å². The first kappa shape index (κ1) is 39.0. The number of hydrogen-bond donors (Lipinski definition) is 0. The van der Waals surface area contributed by atoms with Crippen LogP contribution in [0.15, 0.2) is 66.5 Å². The Balaban J connectivity index is 1.57. The van der Waals surface area contributed by atoms with Crippen LogP contribution in [0.5, 0.6) is 5.75 Å². The van der Waals surface area contributed by atoms with E-state index in [1.54, 1.807) is 32.0 Å². The molecule has 0 spiro atoms. The van der Waals surface area contributed by atoms with Gasteiger partial charge in [0, 0.05) is 22.2 Å². The number of rotatable bonds is 24. The molecule has 3 unspecified atom stereocenters. The maximum atomic E-state index is 13.3. The van der Waals surface area contributed by atoms with Crippen LogP contribution in [0.25, 0.3) is 20.2 Å². The van der Waals surface area contributed by atoms with Gasteiger partial charge in [0.05, 0.1) is 61.4 Å². The highest BCUT2D eigenvalue weighted by molar-refractivity contribution is 7.25. The molecule has 0 saturated carbocycles. The van der Waals surface area contributed by atoms with Gasteiger partial charge in [-0.2, -0.15) is 0 Å². The van der Waals surface area contributed by atoms with Gasteiger partial charge in [-0.25, -0.2) is 9.59 Å². The summed E-state index contributed by atoms with van der Waals surface area (Å²) in [6, 6.07) is 10.7. The molecular formula is C34H41ClO12S. The van der Waals surface area contributed by atoms with Gasteiger partial charge in [-0.1, -0.05) is 36.9 Å². The van der Waals surface area contributed by atoms with E-state index in [9.17, 15) is 14.4 Å². The topological polar surface area (TPSA) is 134 Å². The van der Waals surface area contributed by atoms with Crippen LogP contribution in [-0.4, -0.2) is 96.7 Å². The molecule has 1 heterocycles. The van der Waals surface area contributed by atoms with Gasteiger partial charge in [-0.3, -0.25) is 4.79 Å². The third-order valence-corrected chi connectivity index (χ3v) is 7.91. The third kappa shape index (κ3) is 13.2. The lowest BCUT2D eigenvalue weighted by molar-refractivity contribution is -0.208. The van der Waals surface area contributed by atoms with Gasteiger partial charge in [-0.15, -0.1) is 11.3 Å². The van der Waals surface area contributed by atoms with Crippen LogP contribution in [0.1, 0.15) is 13.8 Å². The molecule has 262 valence electrons. The van der Waals surface area contributed by atoms with Gasteiger partial charge in [0.25, 0.3) is 0 Å². The molecule has 3 aromatic rings. The highest BCUT2D eigenvalue weighted by Crippen LogP contribution is 2.36. The summed E-state index contributed by atoms with van der Waals surface area (Å²) in [4.78, 5) is 35.4. The molecule has 0 aliphatic carbocycles. The highest BCUT2D eigenvalue weighted by Gasteiger charge is 2.20. The number of hydrogen-bond acceptors (Lipinski definition) is 13. The van der Waals surface area contributed by atoms with E-state index in [2.05, 4.69) is 13.2 Å². The Morgan fingerprint density at radius 2 is 1.40 bits per heavy atom. The fraction of sp³-hybridized carbons (Fsp3) is 0.441. The summed E-state index contributed by atoms with van der Waals surface area (Å²) in [6.07, 6.45) is 0.296. The first-order valence-corrected chi connectivity index (χ1v) is 16.4. The van der Waals surface area contributed by atoms with Crippen molar-refractivity contribution < 1.29 is 52.2 Å². The molecule has 0 aliphatic rings. The molecule has 0 amide bonds. The molecule has 0 radical (unpaired) electrons. The van der Waals surface area contributed by atoms with Crippen molar-refractivity contribution in [3.63, 3.8) is 0 Å². The van der Waals surface area contributed by atoms with Crippen molar-refractivity contribution in [2.24, 2.45) is 0 Å². The van der Waals surface area contributed by atoms with Gasteiger partial charge >= 0.3 is 11.9 Å². The lowest BCUT2D eigenvalue weighted by Gasteiger charge is -2.25. The van der Waals surface area contributed by atoms with E-state index in [-0.39, 0.29) is 71.5 Å². The molecule has 0 aliphatic heterocycles. The van der Waals surface area contributed by atoms with Crippen molar-refractivity contribution in [2.75, 3.05) is 66.1 Å². The number of ether oxygens (including phenoxy) is 9. The summed E-state index contributed by atoms with van der Waals surface area (Å²) < 4.78 is 51.6. The van der Waals surface area contributed by atoms with Crippen LogP contribution in [-0.2, 0) is 47.5 Å². The Labute approximate surface area is 288 Å². The molecule has 2 aromatic carbocycles. The highest BCUT2D eigenvalue weighted by atomic mass is 35.5. The van der Waals surface area contributed by atoms with E-state index < -0.39 is 30.6 Å². The number of carbonyl (C=O) groups excluding carboxylic acids is 2. The molecule has 0 saturated heterocycles. The van der Waals surface area contributed by atoms with Crippen LogP contribution < -0.4 is 10.2 Å². The quantitative estimate of drug-likeness (QED) is 0.0405. The zero-order valence-electron chi connectivity index (χ0n) is 27.0. The number of fused-ring (bicyclic) bond motifs is 2. The Morgan fingerprint density at radius 1 is 0.792 bits per heavy atom. The molecule has 14 heteroatoms. The standard InChI is InChI=1S/C34H41ClO12S/c1-5-30(36)43-19-15-39-13-17-41-23(3)45-21-25(47-24(4)42-18-14-40-16-20-44-31(37)6-2)22-46-28-12-11-27(35)32-33(38)26-9-7-8-10-29(26)48-34(28)32/h5-12,23-25H,1-2,13-22H2,3-4H3.